The van der Waals surface area contributed by atoms with Gasteiger partial charge in [-0.3, -0.25) is 9.48 Å². The van der Waals surface area contributed by atoms with E-state index in [0.29, 0.717) is 34.8 Å². The standard InChI is InChI=1S/C20H18N4O3/c1-26-16-6-7-18-17(11-16)23-19(27-18)12-21-20(25)15-5-2-4-14(10-15)13-24-9-3-8-22-24/h2-11H,12-13H2,1H3,(H,21,25). The predicted octanol–water partition coefficient (Wildman–Crippen LogP) is 3.01. The summed E-state index contributed by atoms with van der Waals surface area (Å²) in [7, 11) is 1.60. The van der Waals surface area contributed by atoms with Crippen molar-refractivity contribution in [1.29, 1.82) is 0 Å². The van der Waals surface area contributed by atoms with Crippen LogP contribution in [0.1, 0.15) is 21.8 Å². The first-order valence-electron chi connectivity index (χ1n) is 8.49. The number of hydrogen-bond acceptors (Lipinski definition) is 5. The molecule has 2 aromatic heterocycles. The molecule has 0 unspecified atom stereocenters. The molecule has 0 aliphatic carbocycles. The van der Waals surface area contributed by atoms with Crippen molar-refractivity contribution < 1.29 is 13.9 Å². The molecule has 136 valence electrons. The second-order valence-corrected chi connectivity index (χ2v) is 6.03. The van der Waals surface area contributed by atoms with Gasteiger partial charge in [-0.2, -0.15) is 5.10 Å². The van der Waals surface area contributed by atoms with Crippen molar-refractivity contribution >= 4 is 17.0 Å². The Hall–Kier alpha value is -3.61. The van der Waals surface area contributed by atoms with Crippen molar-refractivity contribution in [3.05, 3.63) is 77.9 Å². The minimum atomic E-state index is -0.183. The van der Waals surface area contributed by atoms with E-state index >= 15 is 0 Å². The van der Waals surface area contributed by atoms with E-state index in [9.17, 15) is 4.79 Å². The van der Waals surface area contributed by atoms with Gasteiger partial charge in [-0.25, -0.2) is 4.98 Å². The third kappa shape index (κ3) is 3.82. The Labute approximate surface area is 155 Å². The van der Waals surface area contributed by atoms with E-state index < -0.39 is 0 Å². The van der Waals surface area contributed by atoms with Crippen molar-refractivity contribution in [2.24, 2.45) is 0 Å². The van der Waals surface area contributed by atoms with Crippen LogP contribution in [0.3, 0.4) is 0 Å². The molecule has 0 saturated heterocycles. The van der Waals surface area contributed by atoms with Crippen LogP contribution in [0, 0.1) is 0 Å². The fourth-order valence-electron chi connectivity index (χ4n) is 2.81. The second-order valence-electron chi connectivity index (χ2n) is 6.03. The summed E-state index contributed by atoms with van der Waals surface area (Å²) in [5.74, 6) is 0.969. The molecule has 0 radical (unpaired) electrons. The lowest BCUT2D eigenvalue weighted by Crippen LogP contribution is -2.23. The number of methoxy groups -OCH3 is 1. The smallest absolute Gasteiger partial charge is 0.251 e. The van der Waals surface area contributed by atoms with Crippen LogP contribution in [0.2, 0.25) is 0 Å². The highest BCUT2D eigenvalue weighted by molar-refractivity contribution is 5.94. The van der Waals surface area contributed by atoms with Crippen molar-refractivity contribution in [2.45, 2.75) is 13.1 Å². The number of carbonyl (C=O) groups excluding carboxylic acids is 1. The van der Waals surface area contributed by atoms with Crippen LogP contribution in [0.5, 0.6) is 5.75 Å². The van der Waals surface area contributed by atoms with Crippen molar-refractivity contribution in [3.63, 3.8) is 0 Å². The van der Waals surface area contributed by atoms with Crippen molar-refractivity contribution in [3.8, 4) is 5.75 Å². The number of aromatic nitrogens is 3. The van der Waals surface area contributed by atoms with Gasteiger partial charge in [0.2, 0.25) is 5.89 Å². The first-order valence-corrected chi connectivity index (χ1v) is 8.49. The molecule has 0 fully saturated rings. The van der Waals surface area contributed by atoms with Gasteiger partial charge in [-0.15, -0.1) is 0 Å². The zero-order valence-corrected chi connectivity index (χ0v) is 14.8. The number of carbonyl (C=O) groups is 1. The molecule has 4 rings (SSSR count). The van der Waals surface area contributed by atoms with Crippen LogP contribution in [0.25, 0.3) is 11.1 Å². The molecule has 0 spiro atoms. The molecule has 0 saturated carbocycles. The number of rotatable bonds is 6. The maximum atomic E-state index is 12.5. The van der Waals surface area contributed by atoms with E-state index in [-0.39, 0.29) is 12.5 Å². The van der Waals surface area contributed by atoms with Gasteiger partial charge >= 0.3 is 0 Å². The van der Waals surface area contributed by atoms with Gasteiger partial charge in [-0.05, 0) is 35.9 Å². The van der Waals surface area contributed by atoms with Gasteiger partial charge < -0.3 is 14.5 Å². The Morgan fingerprint density at radius 2 is 2.15 bits per heavy atom. The summed E-state index contributed by atoms with van der Waals surface area (Å²) in [6.45, 7) is 0.820. The van der Waals surface area contributed by atoms with E-state index in [1.54, 1.807) is 37.6 Å². The molecule has 1 N–H and O–H groups in total. The SMILES string of the molecule is COc1ccc2oc(CNC(=O)c3cccc(Cn4cccn4)c3)nc2c1. The summed E-state index contributed by atoms with van der Waals surface area (Å²) in [6, 6.07) is 14.7. The molecule has 7 heteroatoms. The number of nitrogens with one attached hydrogen (secondary N) is 1. The normalized spacial score (nSPS) is 10.9. The molecule has 0 aliphatic rings. The quantitative estimate of drug-likeness (QED) is 0.570. The Morgan fingerprint density at radius 3 is 2.96 bits per heavy atom. The maximum absolute atomic E-state index is 12.5. The molecule has 0 aliphatic heterocycles. The fourth-order valence-corrected chi connectivity index (χ4v) is 2.81. The molecule has 2 aromatic carbocycles. The minimum Gasteiger partial charge on any atom is -0.497 e. The first kappa shape index (κ1) is 16.8. The van der Waals surface area contributed by atoms with Crippen LogP contribution in [0.4, 0.5) is 0 Å². The molecule has 0 atom stereocenters. The second kappa shape index (κ2) is 7.33. The topological polar surface area (TPSA) is 82.2 Å². The largest absolute Gasteiger partial charge is 0.497 e. The number of oxazole rings is 1. The highest BCUT2D eigenvalue weighted by atomic mass is 16.5. The molecule has 27 heavy (non-hydrogen) atoms. The summed E-state index contributed by atoms with van der Waals surface area (Å²) in [5, 5.41) is 7.02. The zero-order chi connectivity index (χ0) is 18.6. The molecule has 0 bridgehead atoms. The number of amides is 1. The van der Waals surface area contributed by atoms with Crippen molar-refractivity contribution in [2.75, 3.05) is 7.11 Å². The van der Waals surface area contributed by atoms with E-state index in [0.717, 1.165) is 5.56 Å². The minimum absolute atomic E-state index is 0.183. The number of hydrogen-bond donors (Lipinski definition) is 1. The maximum Gasteiger partial charge on any atom is 0.251 e. The monoisotopic (exact) mass is 362 g/mol. The highest BCUT2D eigenvalue weighted by Crippen LogP contribution is 2.21. The van der Waals surface area contributed by atoms with E-state index in [1.807, 2.05) is 35.1 Å². The number of fused-ring (bicyclic) bond motifs is 1. The van der Waals surface area contributed by atoms with Crippen LogP contribution in [-0.2, 0) is 13.1 Å². The molecule has 4 aromatic rings. The highest BCUT2D eigenvalue weighted by Gasteiger charge is 2.10. The van der Waals surface area contributed by atoms with Crippen LogP contribution < -0.4 is 10.1 Å². The Balaban J connectivity index is 1.43. The Morgan fingerprint density at radius 1 is 1.22 bits per heavy atom. The van der Waals surface area contributed by atoms with Gasteiger partial charge in [-0.1, -0.05) is 12.1 Å². The van der Waals surface area contributed by atoms with E-state index in [2.05, 4.69) is 15.4 Å². The zero-order valence-electron chi connectivity index (χ0n) is 14.8. The Bertz CT molecular complexity index is 1070. The molecular weight excluding hydrogens is 344 g/mol. The number of nitrogens with zero attached hydrogens (tertiary/aromatic N) is 3. The lowest BCUT2D eigenvalue weighted by Gasteiger charge is -2.06. The number of benzene rings is 2. The van der Waals surface area contributed by atoms with Gasteiger partial charge in [0.15, 0.2) is 5.58 Å². The average Bonchev–Trinajstić information content (AvgIpc) is 3.34. The van der Waals surface area contributed by atoms with Crippen molar-refractivity contribution in [1.82, 2.24) is 20.1 Å². The molecule has 7 nitrogen and oxygen atoms in total. The molecule has 1 amide bonds. The molecule has 2 heterocycles. The summed E-state index contributed by atoms with van der Waals surface area (Å²) in [6.07, 6.45) is 3.61. The summed E-state index contributed by atoms with van der Waals surface area (Å²) in [4.78, 5) is 16.8. The van der Waals surface area contributed by atoms with Crippen LogP contribution in [-0.4, -0.2) is 27.8 Å². The predicted molar refractivity (Wildman–Crippen MR) is 99.5 cm³/mol. The lowest BCUT2D eigenvalue weighted by molar-refractivity contribution is 0.0947. The lowest BCUT2D eigenvalue weighted by atomic mass is 10.1. The van der Waals surface area contributed by atoms with Gasteiger partial charge in [0.05, 0.1) is 20.2 Å². The third-order valence-electron chi connectivity index (χ3n) is 4.13. The van der Waals surface area contributed by atoms with Crippen LogP contribution >= 0.6 is 0 Å². The van der Waals surface area contributed by atoms with E-state index in [1.165, 1.54) is 0 Å². The summed E-state index contributed by atoms with van der Waals surface area (Å²) >= 11 is 0. The van der Waals surface area contributed by atoms with E-state index in [4.69, 9.17) is 9.15 Å². The third-order valence-corrected chi connectivity index (χ3v) is 4.13. The Kier molecular flexibility index (Phi) is 4.57. The fraction of sp³-hybridized carbons (Fsp3) is 0.150. The van der Waals surface area contributed by atoms with Gasteiger partial charge in [0.25, 0.3) is 5.91 Å². The number of ether oxygens (including phenoxy) is 1. The van der Waals surface area contributed by atoms with Crippen LogP contribution in [0.15, 0.2) is 65.3 Å². The molecular formula is C20H18N4O3. The average molecular weight is 362 g/mol. The first-order chi connectivity index (χ1) is 13.2. The van der Waals surface area contributed by atoms with Gasteiger partial charge in [0, 0.05) is 24.0 Å². The van der Waals surface area contributed by atoms with Gasteiger partial charge in [0.1, 0.15) is 11.3 Å². The summed E-state index contributed by atoms with van der Waals surface area (Å²) in [5.41, 5.74) is 2.93. The summed E-state index contributed by atoms with van der Waals surface area (Å²) < 4.78 is 12.6.